The summed E-state index contributed by atoms with van der Waals surface area (Å²) >= 11 is 0. The largest absolute Gasteiger partial charge is 0.468 e. The first kappa shape index (κ1) is 14.3. The average Bonchev–Trinajstić information content (AvgIpc) is 2.92. The highest BCUT2D eigenvalue weighted by molar-refractivity contribution is 5.94. The molecule has 5 heteroatoms. The summed E-state index contributed by atoms with van der Waals surface area (Å²) in [6.07, 6.45) is 1.60. The van der Waals surface area contributed by atoms with E-state index in [0.29, 0.717) is 12.1 Å². The van der Waals surface area contributed by atoms with Gasteiger partial charge in [0.15, 0.2) is 0 Å². The summed E-state index contributed by atoms with van der Waals surface area (Å²) in [5.74, 6) is 0.0466. The maximum Gasteiger partial charge on any atom is 0.251 e. The van der Waals surface area contributed by atoms with E-state index in [4.69, 9.17) is 4.42 Å². The molecule has 0 fully saturated rings. The smallest absolute Gasteiger partial charge is 0.251 e. The number of amides is 1. The zero-order valence-corrected chi connectivity index (χ0v) is 11.5. The number of carbonyl (C=O) groups is 1. The van der Waals surface area contributed by atoms with Crippen LogP contribution in [0.15, 0.2) is 47.1 Å². The number of hydrogen-bond acceptors (Lipinski definition) is 3. The molecular formula is C15H17FN2O2. The number of furan rings is 1. The minimum absolute atomic E-state index is 0.0671. The molecule has 1 atom stereocenters. The van der Waals surface area contributed by atoms with Crippen LogP contribution in [0.5, 0.6) is 0 Å². The van der Waals surface area contributed by atoms with E-state index in [1.54, 1.807) is 18.4 Å². The predicted octanol–water partition coefficient (Wildman–Crippen LogP) is 2.45. The molecule has 1 amide bonds. The first-order chi connectivity index (χ1) is 9.58. The summed E-state index contributed by atoms with van der Waals surface area (Å²) in [4.78, 5) is 13.9. The summed E-state index contributed by atoms with van der Waals surface area (Å²) in [7, 11) is 3.81. The van der Waals surface area contributed by atoms with Crippen LogP contribution in [0, 0.1) is 5.82 Å². The second-order valence-corrected chi connectivity index (χ2v) is 4.72. The molecule has 0 aliphatic rings. The van der Waals surface area contributed by atoms with Crippen molar-refractivity contribution in [3.8, 4) is 0 Å². The van der Waals surface area contributed by atoms with Crippen molar-refractivity contribution in [3.05, 3.63) is 59.8 Å². The molecular weight excluding hydrogens is 259 g/mol. The average molecular weight is 276 g/mol. The van der Waals surface area contributed by atoms with Crippen molar-refractivity contribution in [1.82, 2.24) is 10.2 Å². The lowest BCUT2D eigenvalue weighted by Gasteiger charge is -2.22. The summed E-state index contributed by atoms with van der Waals surface area (Å²) in [5, 5.41) is 2.79. The second kappa shape index (κ2) is 6.34. The van der Waals surface area contributed by atoms with Gasteiger partial charge in [0.2, 0.25) is 0 Å². The monoisotopic (exact) mass is 276 g/mol. The second-order valence-electron chi connectivity index (χ2n) is 4.72. The highest BCUT2D eigenvalue weighted by atomic mass is 19.1. The first-order valence-corrected chi connectivity index (χ1v) is 6.31. The molecule has 1 aromatic heterocycles. The number of hydrogen-bond donors (Lipinski definition) is 1. The Labute approximate surface area is 117 Å². The van der Waals surface area contributed by atoms with Crippen molar-refractivity contribution in [2.45, 2.75) is 6.04 Å². The molecule has 2 aromatic rings. The molecule has 0 bridgehead atoms. The molecule has 0 saturated heterocycles. The van der Waals surface area contributed by atoms with E-state index in [0.717, 1.165) is 5.76 Å². The summed E-state index contributed by atoms with van der Waals surface area (Å²) in [6, 6.07) is 9.22. The van der Waals surface area contributed by atoms with E-state index < -0.39 is 5.82 Å². The van der Waals surface area contributed by atoms with Crippen molar-refractivity contribution in [1.29, 1.82) is 0 Å². The van der Waals surface area contributed by atoms with E-state index in [-0.39, 0.29) is 11.9 Å². The highest BCUT2D eigenvalue weighted by Crippen LogP contribution is 2.17. The van der Waals surface area contributed by atoms with Crippen molar-refractivity contribution in [2.75, 3.05) is 20.6 Å². The molecule has 1 heterocycles. The van der Waals surface area contributed by atoms with Gasteiger partial charge in [-0.3, -0.25) is 9.69 Å². The molecule has 4 nitrogen and oxygen atoms in total. The normalized spacial score (nSPS) is 12.4. The van der Waals surface area contributed by atoms with Gasteiger partial charge in [-0.2, -0.15) is 0 Å². The molecule has 0 aliphatic carbocycles. The molecule has 2 rings (SSSR count). The Bertz CT molecular complexity index is 567. The topological polar surface area (TPSA) is 45.5 Å². The minimum atomic E-state index is -0.423. The summed E-state index contributed by atoms with van der Waals surface area (Å²) in [5.41, 5.74) is 0.307. The van der Waals surface area contributed by atoms with Crippen LogP contribution < -0.4 is 5.32 Å². The lowest BCUT2D eigenvalue weighted by Crippen LogP contribution is -2.34. The van der Waals surface area contributed by atoms with Crippen LogP contribution in [0.4, 0.5) is 4.39 Å². The van der Waals surface area contributed by atoms with E-state index in [1.165, 1.54) is 18.2 Å². The number of benzene rings is 1. The van der Waals surface area contributed by atoms with Gasteiger partial charge in [0.1, 0.15) is 11.6 Å². The molecule has 0 unspecified atom stereocenters. The molecule has 0 saturated carbocycles. The predicted molar refractivity (Wildman–Crippen MR) is 73.9 cm³/mol. The lowest BCUT2D eigenvalue weighted by atomic mass is 10.1. The SMILES string of the molecule is CN(C)[C@H](CNC(=O)c1cccc(F)c1)c1ccco1. The summed E-state index contributed by atoms with van der Waals surface area (Å²) < 4.78 is 18.4. The zero-order valence-electron chi connectivity index (χ0n) is 11.5. The van der Waals surface area contributed by atoms with Crippen molar-refractivity contribution in [3.63, 3.8) is 0 Å². The summed E-state index contributed by atoms with van der Waals surface area (Å²) in [6.45, 7) is 0.385. The van der Waals surface area contributed by atoms with Crippen LogP contribution in [0.3, 0.4) is 0 Å². The Morgan fingerprint density at radius 3 is 2.75 bits per heavy atom. The van der Waals surface area contributed by atoms with Gasteiger partial charge in [0.25, 0.3) is 5.91 Å². The number of nitrogens with zero attached hydrogens (tertiary/aromatic N) is 1. The third-order valence-corrected chi connectivity index (χ3v) is 3.04. The van der Waals surface area contributed by atoms with E-state index >= 15 is 0 Å². The number of likely N-dealkylation sites (N-methyl/N-ethyl adjacent to an activating group) is 1. The van der Waals surface area contributed by atoms with Gasteiger partial charge in [0, 0.05) is 12.1 Å². The fraction of sp³-hybridized carbons (Fsp3) is 0.267. The van der Waals surface area contributed by atoms with Gasteiger partial charge in [-0.15, -0.1) is 0 Å². The van der Waals surface area contributed by atoms with Gasteiger partial charge in [0.05, 0.1) is 12.3 Å². The van der Waals surface area contributed by atoms with Crippen LogP contribution in [0.25, 0.3) is 0 Å². The quantitative estimate of drug-likeness (QED) is 0.912. The van der Waals surface area contributed by atoms with E-state index in [1.807, 2.05) is 25.1 Å². The molecule has 1 aromatic carbocycles. The lowest BCUT2D eigenvalue weighted by molar-refractivity contribution is 0.0938. The van der Waals surface area contributed by atoms with Gasteiger partial charge in [-0.25, -0.2) is 4.39 Å². The number of halogens is 1. The zero-order chi connectivity index (χ0) is 14.5. The van der Waals surface area contributed by atoms with Crippen LogP contribution in [0.2, 0.25) is 0 Å². The van der Waals surface area contributed by atoms with Crippen molar-refractivity contribution < 1.29 is 13.6 Å². The van der Waals surface area contributed by atoms with Crippen LogP contribution >= 0.6 is 0 Å². The molecule has 0 aliphatic heterocycles. The molecule has 20 heavy (non-hydrogen) atoms. The van der Waals surface area contributed by atoms with Gasteiger partial charge in [-0.1, -0.05) is 6.07 Å². The molecule has 0 radical (unpaired) electrons. The number of rotatable bonds is 5. The first-order valence-electron chi connectivity index (χ1n) is 6.31. The molecule has 1 N–H and O–H groups in total. The maximum atomic E-state index is 13.1. The van der Waals surface area contributed by atoms with Gasteiger partial charge < -0.3 is 9.73 Å². The van der Waals surface area contributed by atoms with Gasteiger partial charge in [-0.05, 0) is 44.4 Å². The Kier molecular flexibility index (Phi) is 4.53. The minimum Gasteiger partial charge on any atom is -0.468 e. The third-order valence-electron chi connectivity index (χ3n) is 3.04. The standard InChI is InChI=1S/C15H17FN2O2/c1-18(2)13(14-7-4-8-20-14)10-17-15(19)11-5-3-6-12(16)9-11/h3-9,13H,10H2,1-2H3,(H,17,19)/t13-/m1/s1. The molecule has 0 spiro atoms. The fourth-order valence-corrected chi connectivity index (χ4v) is 1.94. The van der Waals surface area contributed by atoms with Crippen LogP contribution in [-0.2, 0) is 0 Å². The maximum absolute atomic E-state index is 13.1. The van der Waals surface area contributed by atoms with Crippen molar-refractivity contribution >= 4 is 5.91 Å². The Morgan fingerprint density at radius 1 is 1.35 bits per heavy atom. The number of carbonyl (C=O) groups excluding carboxylic acids is 1. The third kappa shape index (κ3) is 3.45. The fourth-order valence-electron chi connectivity index (χ4n) is 1.94. The van der Waals surface area contributed by atoms with Crippen molar-refractivity contribution in [2.24, 2.45) is 0 Å². The Morgan fingerprint density at radius 2 is 2.15 bits per heavy atom. The molecule has 106 valence electrons. The van der Waals surface area contributed by atoms with Gasteiger partial charge >= 0.3 is 0 Å². The highest BCUT2D eigenvalue weighted by Gasteiger charge is 2.18. The number of nitrogens with one attached hydrogen (secondary N) is 1. The Balaban J connectivity index is 2.01. The van der Waals surface area contributed by atoms with E-state index in [9.17, 15) is 9.18 Å². The Hall–Kier alpha value is -2.14. The van der Waals surface area contributed by atoms with Crippen LogP contribution in [-0.4, -0.2) is 31.4 Å². The van der Waals surface area contributed by atoms with E-state index in [2.05, 4.69) is 5.32 Å². The van der Waals surface area contributed by atoms with Crippen LogP contribution in [0.1, 0.15) is 22.2 Å².